The Hall–Kier alpha value is -0.680. The fraction of sp³-hybridized carbons (Fsp3) is 0.462. The first-order valence-corrected chi connectivity index (χ1v) is 7.76. The summed E-state index contributed by atoms with van der Waals surface area (Å²) in [6, 6.07) is 5.84. The Morgan fingerprint density at radius 1 is 1.56 bits per heavy atom. The van der Waals surface area contributed by atoms with Crippen molar-refractivity contribution in [3.63, 3.8) is 0 Å². The molecule has 0 aliphatic carbocycles. The number of amides is 1. The zero-order valence-electron chi connectivity index (χ0n) is 10.5. The van der Waals surface area contributed by atoms with Crippen LogP contribution in [-0.2, 0) is 0 Å². The highest BCUT2D eigenvalue weighted by atomic mass is 79.9. The summed E-state index contributed by atoms with van der Waals surface area (Å²) >= 11 is 5.28. The van der Waals surface area contributed by atoms with Crippen molar-refractivity contribution >= 4 is 33.6 Å². The predicted molar refractivity (Wildman–Crippen MR) is 78.5 cm³/mol. The van der Waals surface area contributed by atoms with Crippen molar-refractivity contribution in [2.75, 3.05) is 25.7 Å². The molecule has 1 fully saturated rings. The SMILES string of the molecule is COc1cc(Br)ccc1C(=O)N(C)C1CCSC1. The maximum absolute atomic E-state index is 12.4. The summed E-state index contributed by atoms with van der Waals surface area (Å²) in [4.78, 5) is 14.3. The molecule has 0 N–H and O–H groups in total. The van der Waals surface area contributed by atoms with Crippen LogP contribution in [0.1, 0.15) is 16.8 Å². The minimum Gasteiger partial charge on any atom is -0.496 e. The van der Waals surface area contributed by atoms with Crippen LogP contribution in [0.25, 0.3) is 0 Å². The Morgan fingerprint density at radius 2 is 2.33 bits per heavy atom. The molecule has 98 valence electrons. The lowest BCUT2D eigenvalue weighted by Gasteiger charge is -2.24. The highest BCUT2D eigenvalue weighted by molar-refractivity contribution is 9.10. The summed E-state index contributed by atoms with van der Waals surface area (Å²) < 4.78 is 6.19. The van der Waals surface area contributed by atoms with Gasteiger partial charge >= 0.3 is 0 Å². The molecule has 1 atom stereocenters. The minimum atomic E-state index is 0.0341. The standard InChI is InChI=1S/C13H16BrNO2S/c1-15(10-5-6-18-8-10)13(16)11-4-3-9(14)7-12(11)17-2/h3-4,7,10H,5-6,8H2,1-2H3. The van der Waals surface area contributed by atoms with E-state index in [4.69, 9.17) is 4.74 Å². The first-order chi connectivity index (χ1) is 8.63. The zero-order chi connectivity index (χ0) is 13.1. The van der Waals surface area contributed by atoms with Gasteiger partial charge < -0.3 is 9.64 Å². The molecular weight excluding hydrogens is 314 g/mol. The first-order valence-electron chi connectivity index (χ1n) is 5.82. The van der Waals surface area contributed by atoms with Gasteiger partial charge in [0.15, 0.2) is 0 Å². The summed E-state index contributed by atoms with van der Waals surface area (Å²) in [7, 11) is 3.46. The Morgan fingerprint density at radius 3 is 2.94 bits per heavy atom. The molecule has 1 unspecified atom stereocenters. The number of ether oxygens (including phenoxy) is 1. The van der Waals surface area contributed by atoms with Crippen LogP contribution in [0.5, 0.6) is 5.75 Å². The van der Waals surface area contributed by atoms with Gasteiger partial charge in [-0.1, -0.05) is 15.9 Å². The monoisotopic (exact) mass is 329 g/mol. The van der Waals surface area contributed by atoms with E-state index < -0.39 is 0 Å². The first kappa shape index (κ1) is 13.7. The Kier molecular flexibility index (Phi) is 4.56. The molecule has 2 rings (SSSR count). The zero-order valence-corrected chi connectivity index (χ0v) is 12.9. The molecule has 1 saturated heterocycles. The van der Waals surface area contributed by atoms with Crippen LogP contribution in [0.4, 0.5) is 0 Å². The average Bonchev–Trinajstić information content (AvgIpc) is 2.90. The predicted octanol–water partition coefficient (Wildman–Crippen LogP) is 3.04. The van der Waals surface area contributed by atoms with Crippen LogP contribution in [0.15, 0.2) is 22.7 Å². The number of carbonyl (C=O) groups is 1. The third kappa shape index (κ3) is 2.83. The quantitative estimate of drug-likeness (QED) is 0.853. The third-order valence-corrected chi connectivity index (χ3v) is 4.81. The molecule has 0 aromatic heterocycles. The number of hydrogen-bond donors (Lipinski definition) is 0. The normalized spacial score (nSPS) is 18.7. The lowest BCUT2D eigenvalue weighted by molar-refractivity contribution is 0.0744. The van der Waals surface area contributed by atoms with E-state index >= 15 is 0 Å². The molecule has 0 radical (unpaired) electrons. The Bertz CT molecular complexity index is 447. The van der Waals surface area contributed by atoms with Crippen LogP contribution >= 0.6 is 27.7 Å². The van der Waals surface area contributed by atoms with Gasteiger partial charge in [0, 0.05) is 23.3 Å². The fourth-order valence-electron chi connectivity index (χ4n) is 2.03. The molecule has 1 aliphatic heterocycles. The summed E-state index contributed by atoms with van der Waals surface area (Å²) in [5.74, 6) is 2.82. The largest absolute Gasteiger partial charge is 0.496 e. The summed E-state index contributed by atoms with van der Waals surface area (Å²) in [6.45, 7) is 0. The molecule has 1 amide bonds. The molecule has 1 heterocycles. The number of nitrogens with zero attached hydrogens (tertiary/aromatic N) is 1. The van der Waals surface area contributed by atoms with Gasteiger partial charge in [-0.05, 0) is 30.4 Å². The van der Waals surface area contributed by atoms with Crippen LogP contribution in [0.3, 0.4) is 0 Å². The molecule has 3 nitrogen and oxygen atoms in total. The molecule has 0 spiro atoms. The smallest absolute Gasteiger partial charge is 0.257 e. The topological polar surface area (TPSA) is 29.5 Å². The number of halogens is 1. The fourth-order valence-corrected chi connectivity index (χ4v) is 3.63. The maximum Gasteiger partial charge on any atom is 0.257 e. The van der Waals surface area contributed by atoms with Gasteiger partial charge in [0.25, 0.3) is 5.91 Å². The Labute approximate surface area is 120 Å². The highest BCUT2D eigenvalue weighted by Gasteiger charge is 2.26. The van der Waals surface area contributed by atoms with Crippen molar-refractivity contribution in [3.8, 4) is 5.75 Å². The number of hydrogen-bond acceptors (Lipinski definition) is 3. The summed E-state index contributed by atoms with van der Waals surface area (Å²) in [6.07, 6.45) is 1.08. The highest BCUT2D eigenvalue weighted by Crippen LogP contribution is 2.27. The molecule has 1 aromatic rings. The van der Waals surface area contributed by atoms with Crippen molar-refractivity contribution in [1.82, 2.24) is 4.90 Å². The van der Waals surface area contributed by atoms with Gasteiger partial charge in [-0.3, -0.25) is 4.79 Å². The van der Waals surface area contributed by atoms with E-state index in [1.165, 1.54) is 0 Å². The van der Waals surface area contributed by atoms with Crippen molar-refractivity contribution in [1.29, 1.82) is 0 Å². The minimum absolute atomic E-state index is 0.0341. The second kappa shape index (κ2) is 5.97. The van der Waals surface area contributed by atoms with E-state index in [-0.39, 0.29) is 5.91 Å². The number of carbonyl (C=O) groups excluding carboxylic acids is 1. The van der Waals surface area contributed by atoms with Crippen molar-refractivity contribution < 1.29 is 9.53 Å². The van der Waals surface area contributed by atoms with Gasteiger partial charge in [-0.15, -0.1) is 0 Å². The van der Waals surface area contributed by atoms with Gasteiger partial charge in [0.05, 0.1) is 12.7 Å². The van der Waals surface area contributed by atoms with Gasteiger partial charge in [-0.25, -0.2) is 0 Å². The third-order valence-electron chi connectivity index (χ3n) is 3.17. The summed E-state index contributed by atoms with van der Waals surface area (Å²) in [5.41, 5.74) is 0.625. The van der Waals surface area contributed by atoms with Crippen molar-refractivity contribution in [2.45, 2.75) is 12.5 Å². The molecule has 0 saturated carbocycles. The maximum atomic E-state index is 12.4. The second-order valence-electron chi connectivity index (χ2n) is 4.28. The van der Waals surface area contributed by atoms with Gasteiger partial charge in [-0.2, -0.15) is 11.8 Å². The average molecular weight is 330 g/mol. The van der Waals surface area contributed by atoms with E-state index in [1.807, 2.05) is 41.9 Å². The van der Waals surface area contributed by atoms with Crippen molar-refractivity contribution in [3.05, 3.63) is 28.2 Å². The number of thioether (sulfide) groups is 1. The molecular formula is C13H16BrNO2S. The number of methoxy groups -OCH3 is 1. The Balaban J connectivity index is 2.22. The second-order valence-corrected chi connectivity index (χ2v) is 6.34. The molecule has 1 aliphatic rings. The molecule has 5 heteroatoms. The number of rotatable bonds is 3. The van der Waals surface area contributed by atoms with Crippen LogP contribution in [0.2, 0.25) is 0 Å². The van der Waals surface area contributed by atoms with E-state index in [1.54, 1.807) is 7.11 Å². The molecule has 18 heavy (non-hydrogen) atoms. The van der Waals surface area contributed by atoms with Crippen LogP contribution in [-0.4, -0.2) is 42.5 Å². The molecule has 1 aromatic carbocycles. The van der Waals surface area contributed by atoms with Crippen molar-refractivity contribution in [2.24, 2.45) is 0 Å². The number of benzene rings is 1. The van der Waals surface area contributed by atoms with Crippen LogP contribution in [0, 0.1) is 0 Å². The molecule has 0 bridgehead atoms. The van der Waals surface area contributed by atoms with Gasteiger partial charge in [0.2, 0.25) is 0 Å². The summed E-state index contributed by atoms with van der Waals surface area (Å²) in [5, 5.41) is 0. The lowest BCUT2D eigenvalue weighted by atomic mass is 10.1. The van der Waals surface area contributed by atoms with E-state index in [0.29, 0.717) is 17.4 Å². The van der Waals surface area contributed by atoms with E-state index in [0.717, 1.165) is 22.4 Å². The van der Waals surface area contributed by atoms with E-state index in [2.05, 4.69) is 15.9 Å². The van der Waals surface area contributed by atoms with Crippen LogP contribution < -0.4 is 4.74 Å². The lowest BCUT2D eigenvalue weighted by Crippen LogP contribution is -2.37. The van der Waals surface area contributed by atoms with Gasteiger partial charge in [0.1, 0.15) is 5.75 Å². The van der Waals surface area contributed by atoms with E-state index in [9.17, 15) is 4.79 Å².